The smallest absolute Gasteiger partial charge is 0.238 e. The Kier molecular flexibility index (Phi) is 4.85. The van der Waals surface area contributed by atoms with Crippen LogP contribution in [-0.4, -0.2) is 26.8 Å². The van der Waals surface area contributed by atoms with Crippen molar-refractivity contribution < 1.29 is 4.79 Å². The highest BCUT2D eigenvalue weighted by molar-refractivity contribution is 8.00. The Morgan fingerprint density at radius 1 is 1.15 bits per heavy atom. The molecule has 7 heteroatoms. The van der Waals surface area contributed by atoms with Gasteiger partial charge in [-0.3, -0.25) is 4.79 Å². The molecule has 0 bridgehead atoms. The van der Waals surface area contributed by atoms with Crippen LogP contribution in [-0.2, 0) is 4.79 Å². The first kappa shape index (κ1) is 17.6. The van der Waals surface area contributed by atoms with Crippen LogP contribution < -0.4 is 11.2 Å². The third-order valence-corrected chi connectivity index (χ3v) is 5.75. The summed E-state index contributed by atoms with van der Waals surface area (Å²) in [6.45, 7) is 2.01. The number of rotatable bonds is 6. The summed E-state index contributed by atoms with van der Waals surface area (Å²) in [5.74, 6) is 6.85. The van der Waals surface area contributed by atoms with Gasteiger partial charge in [0.1, 0.15) is 5.25 Å². The van der Waals surface area contributed by atoms with Gasteiger partial charge in [-0.25, -0.2) is 4.68 Å². The van der Waals surface area contributed by atoms with Crippen molar-refractivity contribution in [2.45, 2.75) is 36.2 Å². The molecule has 1 amide bonds. The van der Waals surface area contributed by atoms with Crippen molar-refractivity contribution in [3.63, 3.8) is 0 Å². The molecule has 1 aliphatic carbocycles. The topological polar surface area (TPSA) is 85.8 Å². The Hall–Kier alpha value is -2.80. The molecular formula is C20H21N5OS. The van der Waals surface area contributed by atoms with Crippen molar-refractivity contribution in [2.24, 2.45) is 0 Å². The summed E-state index contributed by atoms with van der Waals surface area (Å²) in [5.41, 5.74) is 2.92. The summed E-state index contributed by atoms with van der Waals surface area (Å²) < 4.78 is 1.47. The van der Waals surface area contributed by atoms with Crippen molar-refractivity contribution in [1.29, 1.82) is 0 Å². The lowest BCUT2D eigenvalue weighted by Crippen LogP contribution is -2.30. The van der Waals surface area contributed by atoms with Gasteiger partial charge in [0.2, 0.25) is 11.1 Å². The van der Waals surface area contributed by atoms with E-state index in [2.05, 4.69) is 15.5 Å². The number of hydrogen-bond acceptors (Lipinski definition) is 5. The quantitative estimate of drug-likeness (QED) is 0.508. The van der Waals surface area contributed by atoms with Gasteiger partial charge in [-0.05, 0) is 30.9 Å². The number of nitrogens with two attached hydrogens (primary N) is 1. The fourth-order valence-corrected chi connectivity index (χ4v) is 3.84. The van der Waals surface area contributed by atoms with Crippen molar-refractivity contribution >= 4 is 17.7 Å². The van der Waals surface area contributed by atoms with Gasteiger partial charge in [0.05, 0.1) is 0 Å². The average molecular weight is 379 g/mol. The number of aromatic nitrogens is 3. The molecule has 0 aliphatic heterocycles. The van der Waals surface area contributed by atoms with Crippen molar-refractivity contribution in [1.82, 2.24) is 20.2 Å². The summed E-state index contributed by atoms with van der Waals surface area (Å²) in [7, 11) is 0. The minimum Gasteiger partial charge on any atom is -0.352 e. The van der Waals surface area contributed by atoms with Crippen LogP contribution in [0.5, 0.6) is 0 Å². The molecule has 2 aromatic carbocycles. The summed E-state index contributed by atoms with van der Waals surface area (Å²) in [4.78, 5) is 12.8. The van der Waals surface area contributed by atoms with Gasteiger partial charge < -0.3 is 11.2 Å². The lowest BCUT2D eigenvalue weighted by molar-refractivity contribution is -0.120. The summed E-state index contributed by atoms with van der Waals surface area (Å²) in [5, 5.41) is 11.7. The Morgan fingerprint density at radius 3 is 2.56 bits per heavy atom. The molecule has 3 aromatic rings. The third-order valence-electron chi connectivity index (χ3n) is 4.54. The molecule has 4 rings (SSSR count). The number of aryl methyl sites for hydroxylation is 1. The minimum atomic E-state index is -0.428. The number of amides is 1. The Morgan fingerprint density at radius 2 is 1.85 bits per heavy atom. The zero-order valence-corrected chi connectivity index (χ0v) is 15.8. The lowest BCUT2D eigenvalue weighted by Gasteiger charge is -2.16. The average Bonchev–Trinajstić information content (AvgIpc) is 3.42. The Labute approximate surface area is 162 Å². The van der Waals surface area contributed by atoms with Crippen LogP contribution in [0, 0.1) is 6.92 Å². The molecule has 27 heavy (non-hydrogen) atoms. The number of benzene rings is 2. The van der Waals surface area contributed by atoms with Gasteiger partial charge >= 0.3 is 0 Å². The van der Waals surface area contributed by atoms with Gasteiger partial charge in [0.15, 0.2) is 5.82 Å². The van der Waals surface area contributed by atoms with Gasteiger partial charge in [0, 0.05) is 11.6 Å². The second kappa shape index (κ2) is 7.44. The van der Waals surface area contributed by atoms with E-state index in [-0.39, 0.29) is 5.91 Å². The second-order valence-corrected chi connectivity index (χ2v) is 7.75. The molecule has 0 spiro atoms. The van der Waals surface area contributed by atoms with E-state index < -0.39 is 5.25 Å². The van der Waals surface area contributed by atoms with Crippen LogP contribution in [0.1, 0.15) is 29.2 Å². The molecule has 1 fully saturated rings. The van der Waals surface area contributed by atoms with Crippen LogP contribution in [0.25, 0.3) is 11.4 Å². The van der Waals surface area contributed by atoms with Crippen molar-refractivity contribution in [3.8, 4) is 11.4 Å². The molecule has 1 aliphatic rings. The summed E-state index contributed by atoms with van der Waals surface area (Å²) in [6, 6.07) is 17.9. The number of nitrogen functional groups attached to an aromatic ring is 1. The molecule has 1 atom stereocenters. The van der Waals surface area contributed by atoms with E-state index in [9.17, 15) is 4.79 Å². The predicted molar refractivity (Wildman–Crippen MR) is 107 cm³/mol. The standard InChI is InChI=1S/C20H21N5OS/c1-13-7-5-6-10-16(13)18-23-24-20(25(18)21)27-17(14-8-3-2-4-9-14)19(26)22-15-11-12-15/h2-10,15,17H,11-12,21H2,1H3,(H,22,26)/t17-/m1/s1. The van der Waals surface area contributed by atoms with Gasteiger partial charge in [-0.1, -0.05) is 66.4 Å². The SMILES string of the molecule is Cc1ccccc1-c1nnc(S[C@@H](C(=O)NC2CC2)c2ccccc2)n1N. The third kappa shape index (κ3) is 3.83. The van der Waals surface area contributed by atoms with E-state index in [4.69, 9.17) is 5.84 Å². The number of thioether (sulfide) groups is 1. The second-order valence-electron chi connectivity index (χ2n) is 6.68. The van der Waals surface area contributed by atoms with Crippen molar-refractivity contribution in [3.05, 3.63) is 65.7 Å². The number of carbonyl (C=O) groups is 1. The van der Waals surface area contributed by atoms with E-state index in [0.717, 1.165) is 29.5 Å². The van der Waals surface area contributed by atoms with E-state index in [1.165, 1.54) is 16.4 Å². The van der Waals surface area contributed by atoms with Gasteiger partial charge in [-0.15, -0.1) is 10.2 Å². The maximum Gasteiger partial charge on any atom is 0.238 e. The fourth-order valence-electron chi connectivity index (χ4n) is 2.88. The molecule has 138 valence electrons. The Balaban J connectivity index is 1.63. The highest BCUT2D eigenvalue weighted by atomic mass is 32.2. The first-order valence-corrected chi connectivity index (χ1v) is 9.80. The number of hydrogen-bond donors (Lipinski definition) is 2. The Bertz CT molecular complexity index is 952. The zero-order valence-electron chi connectivity index (χ0n) is 15.0. The van der Waals surface area contributed by atoms with E-state index in [1.54, 1.807) is 0 Å². The molecular weight excluding hydrogens is 358 g/mol. The molecule has 1 aromatic heterocycles. The summed E-state index contributed by atoms with van der Waals surface area (Å²) in [6.07, 6.45) is 2.09. The monoisotopic (exact) mass is 379 g/mol. The van der Waals surface area contributed by atoms with Gasteiger partial charge in [-0.2, -0.15) is 0 Å². The fraction of sp³-hybridized carbons (Fsp3) is 0.250. The molecule has 0 radical (unpaired) electrons. The molecule has 1 heterocycles. The summed E-state index contributed by atoms with van der Waals surface area (Å²) >= 11 is 1.32. The number of carbonyl (C=O) groups excluding carboxylic acids is 1. The first-order chi connectivity index (χ1) is 13.1. The predicted octanol–water partition coefficient (Wildman–Crippen LogP) is 3.08. The van der Waals surface area contributed by atoms with Crippen LogP contribution in [0.4, 0.5) is 0 Å². The normalized spacial score (nSPS) is 14.7. The largest absolute Gasteiger partial charge is 0.352 e. The molecule has 3 N–H and O–H groups in total. The highest BCUT2D eigenvalue weighted by Crippen LogP contribution is 2.36. The van der Waals surface area contributed by atoms with Crippen molar-refractivity contribution in [2.75, 3.05) is 5.84 Å². The maximum atomic E-state index is 12.8. The molecule has 6 nitrogen and oxygen atoms in total. The lowest BCUT2D eigenvalue weighted by atomic mass is 10.1. The van der Waals surface area contributed by atoms with Crippen LogP contribution in [0.15, 0.2) is 59.8 Å². The molecule has 0 unspecified atom stereocenters. The zero-order chi connectivity index (χ0) is 18.8. The molecule has 1 saturated carbocycles. The number of nitrogens with one attached hydrogen (secondary N) is 1. The van der Waals surface area contributed by atoms with E-state index in [0.29, 0.717) is 17.0 Å². The van der Waals surface area contributed by atoms with E-state index in [1.807, 2.05) is 61.5 Å². The number of nitrogens with zero attached hydrogens (tertiary/aromatic N) is 3. The van der Waals surface area contributed by atoms with Gasteiger partial charge in [0.25, 0.3) is 0 Å². The van der Waals surface area contributed by atoms with Crippen LogP contribution in [0.2, 0.25) is 0 Å². The maximum absolute atomic E-state index is 12.8. The first-order valence-electron chi connectivity index (χ1n) is 8.92. The van der Waals surface area contributed by atoms with Crippen LogP contribution in [0.3, 0.4) is 0 Å². The van der Waals surface area contributed by atoms with E-state index >= 15 is 0 Å². The minimum absolute atomic E-state index is 0.0193. The molecule has 0 saturated heterocycles. The highest BCUT2D eigenvalue weighted by Gasteiger charge is 2.30. The van der Waals surface area contributed by atoms with Crippen LogP contribution >= 0.6 is 11.8 Å².